The van der Waals surface area contributed by atoms with Crippen molar-refractivity contribution >= 4 is 29.9 Å². The fourth-order valence-electron chi connectivity index (χ4n) is 3.18. The number of halogens is 1. The number of guanidine groups is 1. The van der Waals surface area contributed by atoms with E-state index in [4.69, 9.17) is 0 Å². The molecule has 0 spiro atoms. The Bertz CT molecular complexity index is 980. The number of aliphatic hydroxyl groups is 1. The summed E-state index contributed by atoms with van der Waals surface area (Å²) in [5.41, 5.74) is 3.20. The van der Waals surface area contributed by atoms with E-state index in [2.05, 4.69) is 58.7 Å². The summed E-state index contributed by atoms with van der Waals surface area (Å²) in [5.74, 6) is 1.36. The topological polar surface area (TPSA) is 87.4 Å². The Morgan fingerprint density at radius 3 is 2.38 bits per heavy atom. The van der Waals surface area contributed by atoms with E-state index in [0.717, 1.165) is 17.1 Å². The van der Waals surface area contributed by atoms with E-state index in [1.807, 2.05) is 54.0 Å². The van der Waals surface area contributed by atoms with Crippen LogP contribution in [-0.4, -0.2) is 38.9 Å². The maximum atomic E-state index is 10.6. The van der Waals surface area contributed by atoms with Gasteiger partial charge in [0.1, 0.15) is 12.9 Å². The molecule has 1 heterocycles. The number of aromatic nitrogens is 3. The molecule has 1 atom stereocenters. The smallest absolute Gasteiger partial charge is 0.191 e. The third-order valence-electron chi connectivity index (χ3n) is 5.00. The van der Waals surface area contributed by atoms with E-state index in [0.29, 0.717) is 25.6 Å². The lowest BCUT2D eigenvalue weighted by molar-refractivity contribution is 0.181. The summed E-state index contributed by atoms with van der Waals surface area (Å²) >= 11 is 0. The van der Waals surface area contributed by atoms with Crippen LogP contribution in [0.3, 0.4) is 0 Å². The van der Waals surface area contributed by atoms with E-state index in [-0.39, 0.29) is 29.4 Å². The zero-order valence-corrected chi connectivity index (χ0v) is 21.4. The number of para-hydroxylation sites is 1. The van der Waals surface area contributed by atoms with Crippen molar-refractivity contribution in [2.45, 2.75) is 45.8 Å². The molecule has 2 aromatic carbocycles. The standard InChI is InChI=1S/C24H32N6O.HI/c1-5-25-23(26-15-21(31)18-11-13-19(14-12-18)24(2,3)4)27-16-22-29-28-17-30(22)20-9-7-6-8-10-20;/h6-14,17,21,31H,5,15-16H2,1-4H3,(H2,25,26,27);1H. The van der Waals surface area contributed by atoms with E-state index in [1.54, 1.807) is 6.33 Å². The molecule has 1 aromatic heterocycles. The van der Waals surface area contributed by atoms with Gasteiger partial charge in [-0.2, -0.15) is 0 Å². The van der Waals surface area contributed by atoms with E-state index >= 15 is 0 Å². The highest BCUT2D eigenvalue weighted by Crippen LogP contribution is 2.23. The van der Waals surface area contributed by atoms with E-state index in [1.165, 1.54) is 5.56 Å². The predicted molar refractivity (Wildman–Crippen MR) is 140 cm³/mol. The highest BCUT2D eigenvalue weighted by Gasteiger charge is 2.15. The lowest BCUT2D eigenvalue weighted by Crippen LogP contribution is -2.39. The summed E-state index contributed by atoms with van der Waals surface area (Å²) in [7, 11) is 0. The van der Waals surface area contributed by atoms with E-state index in [9.17, 15) is 5.11 Å². The van der Waals surface area contributed by atoms with Gasteiger partial charge in [-0.25, -0.2) is 4.99 Å². The first kappa shape index (κ1) is 25.8. The summed E-state index contributed by atoms with van der Waals surface area (Å²) in [5, 5.41) is 25.3. The quantitative estimate of drug-likeness (QED) is 0.236. The lowest BCUT2D eigenvalue weighted by atomic mass is 9.86. The summed E-state index contributed by atoms with van der Waals surface area (Å²) in [6, 6.07) is 18.1. The van der Waals surface area contributed by atoms with Gasteiger partial charge in [0.2, 0.25) is 0 Å². The molecule has 8 heteroatoms. The Morgan fingerprint density at radius 2 is 1.75 bits per heavy atom. The fourth-order valence-corrected chi connectivity index (χ4v) is 3.18. The van der Waals surface area contributed by atoms with Crippen LogP contribution in [0.15, 0.2) is 65.9 Å². The number of nitrogens with zero attached hydrogens (tertiary/aromatic N) is 4. The monoisotopic (exact) mass is 548 g/mol. The molecule has 0 saturated carbocycles. The van der Waals surface area contributed by atoms with Crippen LogP contribution in [0.4, 0.5) is 0 Å². The largest absolute Gasteiger partial charge is 0.387 e. The van der Waals surface area contributed by atoms with Crippen molar-refractivity contribution in [3.05, 3.63) is 77.9 Å². The first-order valence-corrected chi connectivity index (χ1v) is 10.6. The lowest BCUT2D eigenvalue weighted by Gasteiger charge is -2.20. The summed E-state index contributed by atoms with van der Waals surface area (Å²) in [6.45, 7) is 9.97. The molecule has 3 rings (SSSR count). The van der Waals surface area contributed by atoms with Gasteiger partial charge in [0.25, 0.3) is 0 Å². The van der Waals surface area contributed by atoms with Crippen molar-refractivity contribution in [1.29, 1.82) is 0 Å². The minimum Gasteiger partial charge on any atom is -0.387 e. The number of benzene rings is 2. The number of hydrogen-bond acceptors (Lipinski definition) is 4. The molecule has 0 amide bonds. The second-order valence-electron chi connectivity index (χ2n) is 8.42. The molecule has 0 aliphatic carbocycles. The second-order valence-corrected chi connectivity index (χ2v) is 8.42. The molecule has 3 N–H and O–H groups in total. The Hall–Kier alpha value is -2.46. The average Bonchev–Trinajstić information content (AvgIpc) is 3.24. The van der Waals surface area contributed by atoms with E-state index < -0.39 is 6.10 Å². The van der Waals surface area contributed by atoms with Gasteiger partial charge in [-0.1, -0.05) is 63.2 Å². The van der Waals surface area contributed by atoms with Gasteiger partial charge in [0, 0.05) is 18.8 Å². The molecule has 32 heavy (non-hydrogen) atoms. The minimum atomic E-state index is -0.633. The van der Waals surface area contributed by atoms with Crippen LogP contribution in [0.5, 0.6) is 0 Å². The van der Waals surface area contributed by atoms with Gasteiger partial charge in [-0.15, -0.1) is 34.2 Å². The van der Waals surface area contributed by atoms with Crippen molar-refractivity contribution < 1.29 is 5.11 Å². The van der Waals surface area contributed by atoms with Crippen molar-refractivity contribution in [2.75, 3.05) is 13.1 Å². The SMILES string of the molecule is CCNC(=NCc1nncn1-c1ccccc1)NCC(O)c1ccc(C(C)(C)C)cc1.I. The molecular formula is C24H33IN6O. The first-order chi connectivity index (χ1) is 14.9. The molecule has 1 unspecified atom stereocenters. The molecule has 7 nitrogen and oxygen atoms in total. The van der Waals surface area contributed by atoms with Crippen molar-refractivity contribution in [1.82, 2.24) is 25.4 Å². The third kappa shape index (κ3) is 7.03. The van der Waals surface area contributed by atoms with Crippen LogP contribution < -0.4 is 10.6 Å². The minimum absolute atomic E-state index is 0. The van der Waals surface area contributed by atoms with Crippen LogP contribution in [0.2, 0.25) is 0 Å². The fraction of sp³-hybridized carbons (Fsp3) is 0.375. The van der Waals surface area contributed by atoms with Crippen LogP contribution in [0.1, 0.15) is 50.8 Å². The van der Waals surface area contributed by atoms with Crippen molar-refractivity contribution in [2.24, 2.45) is 4.99 Å². The number of nitrogens with one attached hydrogen (secondary N) is 2. The maximum Gasteiger partial charge on any atom is 0.191 e. The Balaban J connectivity index is 0.00000363. The average molecular weight is 548 g/mol. The van der Waals surface area contributed by atoms with Crippen molar-refractivity contribution in [3.8, 4) is 5.69 Å². The van der Waals surface area contributed by atoms with Gasteiger partial charge in [-0.3, -0.25) is 4.57 Å². The molecule has 0 aliphatic heterocycles. The first-order valence-electron chi connectivity index (χ1n) is 10.6. The molecule has 0 bridgehead atoms. The third-order valence-corrected chi connectivity index (χ3v) is 5.00. The molecule has 0 aliphatic rings. The van der Waals surface area contributed by atoms with Gasteiger partial charge < -0.3 is 15.7 Å². The molecule has 0 radical (unpaired) electrons. The predicted octanol–water partition coefficient (Wildman–Crippen LogP) is 3.97. The number of aliphatic hydroxyl groups excluding tert-OH is 1. The number of aliphatic imine (C=N–C) groups is 1. The molecule has 0 fully saturated rings. The zero-order chi connectivity index (χ0) is 22.3. The Labute approximate surface area is 207 Å². The highest BCUT2D eigenvalue weighted by molar-refractivity contribution is 14.0. The number of rotatable bonds is 7. The van der Waals surface area contributed by atoms with Gasteiger partial charge in [0.15, 0.2) is 11.8 Å². The Morgan fingerprint density at radius 1 is 1.06 bits per heavy atom. The van der Waals surface area contributed by atoms with Crippen LogP contribution in [0.25, 0.3) is 5.69 Å². The van der Waals surface area contributed by atoms with Gasteiger partial charge >= 0.3 is 0 Å². The van der Waals surface area contributed by atoms with Gasteiger partial charge in [-0.05, 0) is 35.6 Å². The molecule has 3 aromatic rings. The molecular weight excluding hydrogens is 515 g/mol. The second kappa shape index (κ2) is 12.0. The highest BCUT2D eigenvalue weighted by atomic mass is 127. The van der Waals surface area contributed by atoms with Crippen LogP contribution in [0, 0.1) is 0 Å². The summed E-state index contributed by atoms with van der Waals surface area (Å²) in [6.07, 6.45) is 1.05. The molecule has 172 valence electrons. The maximum absolute atomic E-state index is 10.6. The number of hydrogen-bond donors (Lipinski definition) is 3. The Kier molecular flexibility index (Phi) is 9.64. The summed E-state index contributed by atoms with van der Waals surface area (Å²) in [4.78, 5) is 4.61. The normalized spacial score (nSPS) is 12.7. The van der Waals surface area contributed by atoms with Crippen LogP contribution in [-0.2, 0) is 12.0 Å². The molecule has 0 saturated heterocycles. The van der Waals surface area contributed by atoms with Crippen LogP contribution >= 0.6 is 24.0 Å². The van der Waals surface area contributed by atoms with Gasteiger partial charge in [0.05, 0.1) is 6.10 Å². The van der Waals surface area contributed by atoms with Crippen molar-refractivity contribution in [3.63, 3.8) is 0 Å². The zero-order valence-electron chi connectivity index (χ0n) is 19.1. The summed E-state index contributed by atoms with van der Waals surface area (Å²) < 4.78 is 1.92.